The predicted octanol–water partition coefficient (Wildman–Crippen LogP) is 3.28. The van der Waals surface area contributed by atoms with Crippen LogP contribution in [0.25, 0.3) is 0 Å². The van der Waals surface area contributed by atoms with Crippen molar-refractivity contribution in [2.45, 2.75) is 13.0 Å². The molecule has 0 unspecified atom stereocenters. The third-order valence-electron chi connectivity index (χ3n) is 3.49. The van der Waals surface area contributed by atoms with E-state index in [0.717, 1.165) is 23.4 Å². The normalized spacial score (nSPS) is 10.4. The standard InChI is InChI=1S/C18H18FN5/c19-16-3-1-14(2-4-16)7-11-21-18-22-12-8-17(24-18)23-13-15-5-9-20-10-6-15/h1-6,8-10,12H,7,11,13H2,(H2,21,22,23,24). The Morgan fingerprint density at radius 3 is 2.42 bits per heavy atom. The smallest absolute Gasteiger partial charge is 0.224 e. The molecule has 3 rings (SSSR count). The molecule has 0 bridgehead atoms. The molecule has 0 radical (unpaired) electrons. The highest BCUT2D eigenvalue weighted by atomic mass is 19.1. The summed E-state index contributed by atoms with van der Waals surface area (Å²) >= 11 is 0. The molecule has 2 aromatic heterocycles. The number of pyridine rings is 1. The average Bonchev–Trinajstić information content (AvgIpc) is 2.63. The van der Waals surface area contributed by atoms with E-state index in [0.29, 0.717) is 19.0 Å². The second kappa shape index (κ2) is 8.01. The molecule has 0 aliphatic rings. The van der Waals surface area contributed by atoms with Crippen LogP contribution in [0.1, 0.15) is 11.1 Å². The number of hydrogen-bond acceptors (Lipinski definition) is 5. The first-order chi connectivity index (χ1) is 11.8. The minimum Gasteiger partial charge on any atom is -0.366 e. The van der Waals surface area contributed by atoms with Crippen LogP contribution >= 0.6 is 0 Å². The molecule has 24 heavy (non-hydrogen) atoms. The number of rotatable bonds is 7. The van der Waals surface area contributed by atoms with E-state index in [1.165, 1.54) is 12.1 Å². The van der Waals surface area contributed by atoms with E-state index in [1.54, 1.807) is 30.7 Å². The Kier molecular flexibility index (Phi) is 5.29. The lowest BCUT2D eigenvalue weighted by molar-refractivity contribution is 0.627. The second-order valence-corrected chi connectivity index (χ2v) is 5.28. The summed E-state index contributed by atoms with van der Waals surface area (Å²) in [5.74, 6) is 1.10. The van der Waals surface area contributed by atoms with E-state index in [1.807, 2.05) is 18.2 Å². The molecule has 5 nitrogen and oxygen atoms in total. The van der Waals surface area contributed by atoms with Gasteiger partial charge in [0.15, 0.2) is 0 Å². The van der Waals surface area contributed by atoms with Gasteiger partial charge in [-0.3, -0.25) is 4.98 Å². The molecule has 0 spiro atoms. The molecule has 0 saturated carbocycles. The highest BCUT2D eigenvalue weighted by Crippen LogP contribution is 2.09. The van der Waals surface area contributed by atoms with E-state index in [-0.39, 0.29) is 5.82 Å². The number of benzene rings is 1. The van der Waals surface area contributed by atoms with E-state index >= 15 is 0 Å². The van der Waals surface area contributed by atoms with Gasteiger partial charge in [0.1, 0.15) is 11.6 Å². The Balaban J connectivity index is 1.50. The molecule has 0 fully saturated rings. The van der Waals surface area contributed by atoms with Gasteiger partial charge in [-0.15, -0.1) is 0 Å². The van der Waals surface area contributed by atoms with Crippen LogP contribution in [0.15, 0.2) is 61.1 Å². The van der Waals surface area contributed by atoms with Gasteiger partial charge in [0, 0.05) is 31.7 Å². The highest BCUT2D eigenvalue weighted by molar-refractivity contribution is 5.40. The Bertz CT molecular complexity index is 762. The number of hydrogen-bond donors (Lipinski definition) is 2. The minimum absolute atomic E-state index is 0.219. The molecule has 2 heterocycles. The summed E-state index contributed by atoms with van der Waals surface area (Å²) < 4.78 is 12.9. The summed E-state index contributed by atoms with van der Waals surface area (Å²) in [5.41, 5.74) is 2.20. The van der Waals surface area contributed by atoms with Crippen LogP contribution in [-0.2, 0) is 13.0 Å². The third kappa shape index (κ3) is 4.74. The summed E-state index contributed by atoms with van der Waals surface area (Å²) in [7, 11) is 0. The molecule has 0 aliphatic carbocycles. The van der Waals surface area contributed by atoms with Gasteiger partial charge in [-0.05, 0) is 47.9 Å². The molecule has 2 N–H and O–H groups in total. The summed E-state index contributed by atoms with van der Waals surface area (Å²) in [6.07, 6.45) is 6.01. The molecule has 122 valence electrons. The van der Waals surface area contributed by atoms with Crippen molar-refractivity contribution in [3.63, 3.8) is 0 Å². The molecule has 0 amide bonds. The minimum atomic E-state index is -0.219. The van der Waals surface area contributed by atoms with Crippen molar-refractivity contribution in [1.29, 1.82) is 0 Å². The van der Waals surface area contributed by atoms with Crippen molar-refractivity contribution in [1.82, 2.24) is 15.0 Å². The van der Waals surface area contributed by atoms with Crippen molar-refractivity contribution >= 4 is 11.8 Å². The van der Waals surface area contributed by atoms with E-state index in [9.17, 15) is 4.39 Å². The number of nitrogens with zero attached hydrogens (tertiary/aromatic N) is 3. The maximum Gasteiger partial charge on any atom is 0.224 e. The maximum absolute atomic E-state index is 12.9. The van der Waals surface area contributed by atoms with E-state index in [2.05, 4.69) is 25.6 Å². The van der Waals surface area contributed by atoms with Crippen molar-refractivity contribution < 1.29 is 4.39 Å². The van der Waals surface area contributed by atoms with Gasteiger partial charge in [0.2, 0.25) is 5.95 Å². The van der Waals surface area contributed by atoms with Crippen LogP contribution in [0.4, 0.5) is 16.2 Å². The number of anilines is 2. The Hall–Kier alpha value is -3.02. The van der Waals surface area contributed by atoms with Gasteiger partial charge < -0.3 is 10.6 Å². The van der Waals surface area contributed by atoms with Crippen LogP contribution in [0.2, 0.25) is 0 Å². The highest BCUT2D eigenvalue weighted by Gasteiger charge is 2.00. The molecule has 6 heteroatoms. The zero-order valence-electron chi connectivity index (χ0n) is 13.1. The summed E-state index contributed by atoms with van der Waals surface area (Å²) in [5, 5.41) is 6.44. The van der Waals surface area contributed by atoms with Gasteiger partial charge in [-0.25, -0.2) is 9.37 Å². The van der Waals surface area contributed by atoms with Crippen molar-refractivity contribution in [3.05, 3.63) is 78.0 Å². The van der Waals surface area contributed by atoms with Gasteiger partial charge in [0.25, 0.3) is 0 Å². The molecular weight excluding hydrogens is 305 g/mol. The fraction of sp³-hybridized carbons (Fsp3) is 0.167. The lowest BCUT2D eigenvalue weighted by Gasteiger charge is -2.08. The molecule has 0 aliphatic heterocycles. The molecular formula is C18H18FN5. The quantitative estimate of drug-likeness (QED) is 0.699. The SMILES string of the molecule is Fc1ccc(CCNc2nccc(NCc3ccncc3)n2)cc1. The van der Waals surface area contributed by atoms with Gasteiger partial charge in [0.05, 0.1) is 0 Å². The van der Waals surface area contributed by atoms with Gasteiger partial charge in [-0.2, -0.15) is 4.98 Å². The first-order valence-electron chi connectivity index (χ1n) is 7.74. The third-order valence-corrected chi connectivity index (χ3v) is 3.49. The largest absolute Gasteiger partial charge is 0.366 e. The van der Waals surface area contributed by atoms with Crippen LogP contribution in [-0.4, -0.2) is 21.5 Å². The number of halogens is 1. The first kappa shape index (κ1) is 15.9. The lowest BCUT2D eigenvalue weighted by atomic mass is 10.1. The average molecular weight is 323 g/mol. The van der Waals surface area contributed by atoms with Crippen LogP contribution in [0, 0.1) is 5.82 Å². The fourth-order valence-corrected chi connectivity index (χ4v) is 2.21. The summed E-state index contributed by atoms with van der Waals surface area (Å²) in [6, 6.07) is 12.2. The Morgan fingerprint density at radius 2 is 1.62 bits per heavy atom. The van der Waals surface area contributed by atoms with Crippen LogP contribution in [0.5, 0.6) is 0 Å². The van der Waals surface area contributed by atoms with Crippen molar-refractivity contribution in [2.75, 3.05) is 17.2 Å². The number of nitrogens with one attached hydrogen (secondary N) is 2. The molecule has 3 aromatic rings. The zero-order valence-corrected chi connectivity index (χ0v) is 13.1. The Morgan fingerprint density at radius 1 is 0.833 bits per heavy atom. The van der Waals surface area contributed by atoms with Crippen molar-refractivity contribution in [3.8, 4) is 0 Å². The maximum atomic E-state index is 12.9. The molecule has 0 atom stereocenters. The number of aromatic nitrogens is 3. The van der Waals surface area contributed by atoms with Crippen LogP contribution < -0.4 is 10.6 Å². The fourth-order valence-electron chi connectivity index (χ4n) is 2.21. The lowest BCUT2D eigenvalue weighted by Crippen LogP contribution is -2.09. The molecule has 1 aromatic carbocycles. The monoisotopic (exact) mass is 323 g/mol. The second-order valence-electron chi connectivity index (χ2n) is 5.28. The molecule has 0 saturated heterocycles. The predicted molar refractivity (Wildman–Crippen MR) is 92.2 cm³/mol. The first-order valence-corrected chi connectivity index (χ1v) is 7.74. The van der Waals surface area contributed by atoms with Gasteiger partial charge >= 0.3 is 0 Å². The van der Waals surface area contributed by atoms with Gasteiger partial charge in [-0.1, -0.05) is 12.1 Å². The summed E-state index contributed by atoms with van der Waals surface area (Å²) in [4.78, 5) is 12.6. The summed E-state index contributed by atoms with van der Waals surface area (Å²) in [6.45, 7) is 1.36. The van der Waals surface area contributed by atoms with Crippen molar-refractivity contribution in [2.24, 2.45) is 0 Å². The van der Waals surface area contributed by atoms with E-state index < -0.39 is 0 Å². The zero-order chi connectivity index (χ0) is 16.6. The van der Waals surface area contributed by atoms with E-state index in [4.69, 9.17) is 0 Å². The van der Waals surface area contributed by atoms with Crippen LogP contribution in [0.3, 0.4) is 0 Å². The Labute approximate surface area is 140 Å². The topological polar surface area (TPSA) is 62.7 Å².